The van der Waals surface area contributed by atoms with E-state index in [0.29, 0.717) is 19.1 Å². The Hall–Kier alpha value is -2.50. The van der Waals surface area contributed by atoms with Crippen molar-refractivity contribution in [1.29, 1.82) is 0 Å². The first-order valence-electron chi connectivity index (χ1n) is 9.92. The van der Waals surface area contributed by atoms with Crippen LogP contribution in [0.25, 0.3) is 10.2 Å². The van der Waals surface area contributed by atoms with Crippen LogP contribution in [0.5, 0.6) is 0 Å². The molecule has 1 amide bonds. The number of piperidine rings is 1. The second-order valence-corrected chi connectivity index (χ2v) is 8.34. The van der Waals surface area contributed by atoms with Gasteiger partial charge >= 0.3 is 0 Å². The van der Waals surface area contributed by atoms with Gasteiger partial charge in [-0.25, -0.2) is 4.98 Å². The Morgan fingerprint density at radius 3 is 2.75 bits per heavy atom. The van der Waals surface area contributed by atoms with Crippen LogP contribution < -0.4 is 9.80 Å². The number of quaternary nitrogens is 1. The van der Waals surface area contributed by atoms with E-state index >= 15 is 0 Å². The fraction of sp³-hybridized carbons (Fsp3) is 0.304. The number of hydrogen-bond acceptors (Lipinski definition) is 3. The van der Waals surface area contributed by atoms with E-state index < -0.39 is 0 Å². The predicted octanol–water partition coefficient (Wildman–Crippen LogP) is 3.63. The lowest BCUT2D eigenvalue weighted by atomic mass is 10.0. The molecule has 5 heteroatoms. The lowest BCUT2D eigenvalue weighted by Crippen LogP contribution is -3.14. The molecule has 2 aromatic carbocycles. The highest BCUT2D eigenvalue weighted by Gasteiger charge is 2.33. The average Bonchev–Trinajstić information content (AvgIpc) is 3.17. The van der Waals surface area contributed by atoms with Crippen LogP contribution in [0.3, 0.4) is 0 Å². The Labute approximate surface area is 170 Å². The van der Waals surface area contributed by atoms with Gasteiger partial charge in [0.25, 0.3) is 5.91 Å². The van der Waals surface area contributed by atoms with Gasteiger partial charge < -0.3 is 9.80 Å². The monoisotopic (exact) mass is 392 g/mol. The highest BCUT2D eigenvalue weighted by atomic mass is 32.1. The van der Waals surface area contributed by atoms with Crippen LogP contribution in [0.15, 0.2) is 67.3 Å². The number of carbonyl (C=O) groups is 1. The molecule has 2 heterocycles. The number of hydrogen-bond donors (Lipinski definition) is 1. The molecule has 1 saturated heterocycles. The average molecular weight is 393 g/mol. The maximum absolute atomic E-state index is 13.2. The maximum atomic E-state index is 13.2. The van der Waals surface area contributed by atoms with Crippen LogP contribution in [-0.2, 0) is 4.79 Å². The zero-order chi connectivity index (χ0) is 19.3. The van der Waals surface area contributed by atoms with Crippen LogP contribution >= 0.6 is 11.3 Å². The first-order valence-corrected chi connectivity index (χ1v) is 10.7. The third-order valence-electron chi connectivity index (χ3n) is 5.40. The fourth-order valence-corrected chi connectivity index (χ4v) is 5.17. The first kappa shape index (κ1) is 18.8. The smallest absolute Gasteiger partial charge is 0.282 e. The summed E-state index contributed by atoms with van der Waals surface area (Å²) in [6, 6.07) is 18.5. The Morgan fingerprint density at radius 2 is 1.96 bits per heavy atom. The van der Waals surface area contributed by atoms with Gasteiger partial charge in [-0.1, -0.05) is 36.4 Å². The van der Waals surface area contributed by atoms with Crippen LogP contribution in [-0.4, -0.2) is 30.5 Å². The number of likely N-dealkylation sites (tertiary alicyclic amines) is 1. The highest BCUT2D eigenvalue weighted by Crippen LogP contribution is 2.28. The predicted molar refractivity (Wildman–Crippen MR) is 116 cm³/mol. The van der Waals surface area contributed by atoms with Crippen LogP contribution in [0, 0.1) is 0 Å². The van der Waals surface area contributed by atoms with E-state index in [1.807, 2.05) is 41.3 Å². The van der Waals surface area contributed by atoms with Crippen molar-refractivity contribution in [3.8, 4) is 0 Å². The van der Waals surface area contributed by atoms with Gasteiger partial charge in [0.05, 0.1) is 16.8 Å². The molecule has 0 radical (unpaired) electrons. The summed E-state index contributed by atoms with van der Waals surface area (Å²) in [6.45, 7) is 5.87. The van der Waals surface area contributed by atoms with Crippen molar-refractivity contribution in [3.05, 3.63) is 72.3 Å². The summed E-state index contributed by atoms with van der Waals surface area (Å²) in [7, 11) is 0. The summed E-state index contributed by atoms with van der Waals surface area (Å²) in [6.07, 6.45) is 5.25. The summed E-state index contributed by atoms with van der Waals surface area (Å²) in [5.41, 5.74) is 2.00. The van der Waals surface area contributed by atoms with Gasteiger partial charge in [0, 0.05) is 18.7 Å². The van der Waals surface area contributed by atoms with Crippen molar-refractivity contribution in [2.45, 2.75) is 25.3 Å². The van der Waals surface area contributed by atoms with Gasteiger partial charge in [-0.15, -0.1) is 17.9 Å². The number of thiazole rings is 1. The van der Waals surface area contributed by atoms with Crippen LogP contribution in [0.1, 0.15) is 30.3 Å². The molecule has 3 aromatic rings. The van der Waals surface area contributed by atoms with Gasteiger partial charge in [0.2, 0.25) is 0 Å². The molecule has 0 saturated carbocycles. The molecule has 2 atom stereocenters. The minimum absolute atomic E-state index is 0.147. The van der Waals surface area contributed by atoms with Crippen molar-refractivity contribution in [2.24, 2.45) is 0 Å². The molecule has 1 aromatic heterocycles. The molecule has 144 valence electrons. The van der Waals surface area contributed by atoms with E-state index in [-0.39, 0.29) is 5.91 Å². The SMILES string of the molecule is C=CCN(C(=O)C[NH+]1CCCC[C@@H]1c1nc2ccccc2s1)c1ccccc1. The minimum atomic E-state index is 0.147. The maximum Gasteiger partial charge on any atom is 0.282 e. The minimum Gasteiger partial charge on any atom is -0.319 e. The molecule has 1 N–H and O–H groups in total. The number of rotatable bonds is 6. The van der Waals surface area contributed by atoms with Crippen LogP contribution in [0.4, 0.5) is 5.69 Å². The van der Waals surface area contributed by atoms with Gasteiger partial charge in [0.15, 0.2) is 11.6 Å². The molecule has 1 aliphatic rings. The Bertz CT molecular complexity index is 920. The number of carbonyl (C=O) groups excluding carboxylic acids is 1. The number of benzene rings is 2. The molecule has 1 fully saturated rings. The standard InChI is InChI=1S/C23H25N3OS/c1-2-15-26(18-10-4-3-5-11-18)22(27)17-25-16-9-8-13-20(25)23-24-19-12-6-7-14-21(19)28-23/h2-7,10-12,14,20H,1,8-9,13,15-17H2/p+1/t20-/m1/s1. The highest BCUT2D eigenvalue weighted by molar-refractivity contribution is 7.18. The van der Waals surface area contributed by atoms with E-state index in [1.165, 1.54) is 21.0 Å². The van der Waals surface area contributed by atoms with Crippen molar-refractivity contribution in [3.63, 3.8) is 0 Å². The van der Waals surface area contributed by atoms with Gasteiger partial charge in [-0.2, -0.15) is 0 Å². The summed E-state index contributed by atoms with van der Waals surface area (Å²) in [5, 5.41) is 1.17. The number of fused-ring (bicyclic) bond motifs is 1. The van der Waals surface area contributed by atoms with Crippen LogP contribution in [0.2, 0.25) is 0 Å². The van der Waals surface area contributed by atoms with E-state index in [1.54, 1.807) is 17.4 Å². The second kappa shape index (κ2) is 8.67. The zero-order valence-corrected chi connectivity index (χ0v) is 16.8. The quantitative estimate of drug-likeness (QED) is 0.651. The third-order valence-corrected chi connectivity index (χ3v) is 6.55. The summed E-state index contributed by atoms with van der Waals surface area (Å²) in [5.74, 6) is 0.147. The summed E-state index contributed by atoms with van der Waals surface area (Å²) in [4.78, 5) is 21.3. The second-order valence-electron chi connectivity index (χ2n) is 7.28. The molecule has 28 heavy (non-hydrogen) atoms. The molecule has 1 aliphatic heterocycles. The molecule has 0 spiro atoms. The zero-order valence-electron chi connectivity index (χ0n) is 16.0. The van der Waals surface area contributed by atoms with E-state index in [9.17, 15) is 4.79 Å². The third kappa shape index (κ3) is 4.01. The van der Waals surface area contributed by atoms with Gasteiger partial charge in [-0.3, -0.25) is 4.79 Å². The number of nitrogens with zero attached hydrogens (tertiary/aromatic N) is 2. The Morgan fingerprint density at radius 1 is 1.18 bits per heavy atom. The van der Waals surface area contributed by atoms with E-state index in [0.717, 1.165) is 30.6 Å². The van der Waals surface area contributed by atoms with Gasteiger partial charge in [0.1, 0.15) is 6.04 Å². The molecule has 0 bridgehead atoms. The summed E-state index contributed by atoms with van der Waals surface area (Å²) < 4.78 is 1.23. The van der Waals surface area contributed by atoms with Crippen molar-refractivity contribution in [1.82, 2.24) is 4.98 Å². The first-order chi connectivity index (χ1) is 13.8. The topological polar surface area (TPSA) is 37.6 Å². The van der Waals surface area contributed by atoms with Crippen molar-refractivity contribution >= 4 is 33.1 Å². The van der Waals surface area contributed by atoms with Crippen molar-refractivity contribution in [2.75, 3.05) is 24.5 Å². The Kier molecular flexibility index (Phi) is 5.84. The molecule has 4 nitrogen and oxygen atoms in total. The lowest BCUT2D eigenvalue weighted by Gasteiger charge is -2.32. The number of nitrogens with one attached hydrogen (secondary N) is 1. The number of anilines is 1. The summed E-state index contributed by atoms with van der Waals surface area (Å²) >= 11 is 1.78. The number of para-hydroxylation sites is 2. The normalized spacial score (nSPS) is 19.4. The van der Waals surface area contributed by atoms with Gasteiger partial charge in [-0.05, 0) is 37.1 Å². The largest absolute Gasteiger partial charge is 0.319 e. The Balaban J connectivity index is 1.55. The molecular formula is C23H26N3OS+. The van der Waals surface area contributed by atoms with Crippen molar-refractivity contribution < 1.29 is 9.69 Å². The molecule has 4 rings (SSSR count). The molecular weight excluding hydrogens is 366 g/mol. The van der Waals surface area contributed by atoms with E-state index in [4.69, 9.17) is 4.98 Å². The molecule has 0 aliphatic carbocycles. The fourth-order valence-electron chi connectivity index (χ4n) is 4.01. The number of amides is 1. The molecule has 1 unspecified atom stereocenters. The van der Waals surface area contributed by atoms with E-state index in [2.05, 4.69) is 24.8 Å². The number of aromatic nitrogens is 1. The lowest BCUT2D eigenvalue weighted by molar-refractivity contribution is -0.929.